The van der Waals surface area contributed by atoms with Gasteiger partial charge in [-0.25, -0.2) is 4.79 Å². The Kier molecular flexibility index (Phi) is 3.66. The highest BCUT2D eigenvalue weighted by molar-refractivity contribution is 5.72. The van der Waals surface area contributed by atoms with E-state index in [1.54, 1.807) is 24.5 Å². The van der Waals surface area contributed by atoms with Gasteiger partial charge in [0.15, 0.2) is 5.43 Å². The van der Waals surface area contributed by atoms with Crippen molar-refractivity contribution < 1.29 is 9.90 Å². The third-order valence-electron chi connectivity index (χ3n) is 2.45. The van der Waals surface area contributed by atoms with Crippen LogP contribution in [0, 0.1) is 13.8 Å². The molecule has 1 aromatic heterocycles. The zero-order chi connectivity index (χ0) is 12.3. The molecule has 1 unspecified atom stereocenters. The van der Waals surface area contributed by atoms with E-state index in [2.05, 4.69) is 6.58 Å². The molecular formula is C12H15NO3. The van der Waals surface area contributed by atoms with Crippen LogP contribution < -0.4 is 5.43 Å². The highest BCUT2D eigenvalue weighted by Crippen LogP contribution is 2.16. The maximum absolute atomic E-state index is 11.2. The Labute approximate surface area is 93.8 Å². The minimum atomic E-state index is -0.922. The summed E-state index contributed by atoms with van der Waals surface area (Å²) >= 11 is 0. The number of carboxylic acid groups (broad SMARTS) is 1. The topological polar surface area (TPSA) is 59.3 Å². The van der Waals surface area contributed by atoms with Crippen LogP contribution in [-0.2, 0) is 4.79 Å². The van der Waals surface area contributed by atoms with Crippen LogP contribution in [-0.4, -0.2) is 15.6 Å². The minimum Gasteiger partial charge on any atom is -0.480 e. The smallest absolute Gasteiger partial charge is 0.326 e. The van der Waals surface area contributed by atoms with Gasteiger partial charge in [-0.05, 0) is 20.3 Å². The predicted octanol–water partition coefficient (Wildman–Crippen LogP) is 1.67. The Morgan fingerprint density at radius 3 is 2.38 bits per heavy atom. The number of pyridine rings is 1. The zero-order valence-electron chi connectivity index (χ0n) is 9.43. The molecule has 4 nitrogen and oxygen atoms in total. The van der Waals surface area contributed by atoms with Crippen molar-refractivity contribution in [3.63, 3.8) is 0 Å². The second-order valence-corrected chi connectivity index (χ2v) is 3.72. The SMILES string of the molecule is C=CCC(C(=O)O)n1c(C)cc(=O)cc1C. The van der Waals surface area contributed by atoms with Gasteiger partial charge in [0.05, 0.1) is 0 Å². The van der Waals surface area contributed by atoms with Gasteiger partial charge in [0.1, 0.15) is 6.04 Å². The Hall–Kier alpha value is -1.84. The van der Waals surface area contributed by atoms with E-state index >= 15 is 0 Å². The van der Waals surface area contributed by atoms with Crippen LogP contribution in [0.1, 0.15) is 23.9 Å². The maximum atomic E-state index is 11.2. The summed E-state index contributed by atoms with van der Waals surface area (Å²) in [5, 5.41) is 9.13. The van der Waals surface area contributed by atoms with Gasteiger partial charge in [0, 0.05) is 23.5 Å². The molecule has 1 heterocycles. The fourth-order valence-corrected chi connectivity index (χ4v) is 1.84. The van der Waals surface area contributed by atoms with E-state index in [0.717, 1.165) is 0 Å². The molecule has 1 N–H and O–H groups in total. The number of allylic oxidation sites excluding steroid dienone is 1. The summed E-state index contributed by atoms with van der Waals surface area (Å²) in [5.41, 5.74) is 1.20. The molecular weight excluding hydrogens is 206 g/mol. The van der Waals surface area contributed by atoms with Crippen molar-refractivity contribution in [2.45, 2.75) is 26.3 Å². The molecule has 0 saturated heterocycles. The van der Waals surface area contributed by atoms with Crippen LogP contribution in [0.2, 0.25) is 0 Å². The summed E-state index contributed by atoms with van der Waals surface area (Å²) in [6, 6.07) is 2.18. The van der Waals surface area contributed by atoms with Crippen molar-refractivity contribution >= 4 is 5.97 Å². The standard InChI is InChI=1S/C12H15NO3/c1-4-5-11(12(15)16)13-8(2)6-10(14)7-9(13)3/h4,6-7,11H,1,5H2,2-3H3,(H,15,16). The van der Waals surface area contributed by atoms with E-state index in [1.165, 1.54) is 12.1 Å². The van der Waals surface area contributed by atoms with Crippen molar-refractivity contribution in [3.8, 4) is 0 Å². The van der Waals surface area contributed by atoms with Gasteiger partial charge in [-0.2, -0.15) is 0 Å². The van der Waals surface area contributed by atoms with E-state index < -0.39 is 12.0 Å². The van der Waals surface area contributed by atoms with Crippen LogP contribution in [0.3, 0.4) is 0 Å². The molecule has 0 aliphatic heterocycles. The highest BCUT2D eigenvalue weighted by Gasteiger charge is 2.20. The summed E-state index contributed by atoms with van der Waals surface area (Å²) in [6.45, 7) is 7.01. The van der Waals surface area contributed by atoms with Crippen LogP contribution in [0.4, 0.5) is 0 Å². The molecule has 16 heavy (non-hydrogen) atoms. The van der Waals surface area contributed by atoms with E-state index in [0.29, 0.717) is 17.8 Å². The van der Waals surface area contributed by atoms with Crippen LogP contribution in [0.5, 0.6) is 0 Å². The van der Waals surface area contributed by atoms with E-state index in [9.17, 15) is 9.59 Å². The van der Waals surface area contributed by atoms with Crippen molar-refractivity contribution in [1.29, 1.82) is 0 Å². The molecule has 0 amide bonds. The molecule has 0 saturated carbocycles. The Morgan fingerprint density at radius 1 is 1.50 bits per heavy atom. The van der Waals surface area contributed by atoms with Gasteiger partial charge >= 0.3 is 5.97 Å². The number of nitrogens with zero attached hydrogens (tertiary/aromatic N) is 1. The fourth-order valence-electron chi connectivity index (χ4n) is 1.84. The number of aryl methyl sites for hydroxylation is 2. The van der Waals surface area contributed by atoms with Crippen molar-refractivity contribution in [3.05, 3.63) is 46.4 Å². The van der Waals surface area contributed by atoms with Crippen molar-refractivity contribution in [2.24, 2.45) is 0 Å². The molecule has 4 heteroatoms. The van der Waals surface area contributed by atoms with Crippen LogP contribution >= 0.6 is 0 Å². The fraction of sp³-hybridized carbons (Fsp3) is 0.333. The van der Waals surface area contributed by atoms with E-state index in [4.69, 9.17) is 5.11 Å². The van der Waals surface area contributed by atoms with E-state index in [-0.39, 0.29) is 5.43 Å². The number of aromatic nitrogens is 1. The Bertz CT molecular complexity index is 447. The van der Waals surface area contributed by atoms with Crippen LogP contribution in [0.25, 0.3) is 0 Å². The molecule has 1 rings (SSSR count). The Morgan fingerprint density at radius 2 is 2.00 bits per heavy atom. The molecule has 0 fully saturated rings. The first kappa shape index (κ1) is 12.2. The van der Waals surface area contributed by atoms with Crippen LogP contribution in [0.15, 0.2) is 29.6 Å². The van der Waals surface area contributed by atoms with Crippen molar-refractivity contribution in [1.82, 2.24) is 4.57 Å². The number of hydrogen-bond acceptors (Lipinski definition) is 2. The first-order chi connectivity index (χ1) is 7.47. The summed E-state index contributed by atoms with van der Waals surface area (Å²) < 4.78 is 1.64. The van der Waals surface area contributed by atoms with Gasteiger partial charge in [0.25, 0.3) is 0 Å². The third-order valence-corrected chi connectivity index (χ3v) is 2.45. The lowest BCUT2D eigenvalue weighted by Gasteiger charge is -2.20. The molecule has 0 aromatic carbocycles. The molecule has 86 valence electrons. The van der Waals surface area contributed by atoms with E-state index in [1.807, 2.05) is 0 Å². The quantitative estimate of drug-likeness (QED) is 0.787. The highest BCUT2D eigenvalue weighted by atomic mass is 16.4. The number of carbonyl (C=O) groups is 1. The Balaban J connectivity index is 3.34. The largest absolute Gasteiger partial charge is 0.480 e. The first-order valence-electron chi connectivity index (χ1n) is 5.01. The van der Waals surface area contributed by atoms with Gasteiger partial charge in [-0.15, -0.1) is 6.58 Å². The summed E-state index contributed by atoms with van der Waals surface area (Å²) in [5.74, 6) is -0.922. The number of hydrogen-bond donors (Lipinski definition) is 1. The monoisotopic (exact) mass is 221 g/mol. The number of aliphatic carboxylic acids is 1. The average Bonchev–Trinajstić information content (AvgIpc) is 2.14. The molecule has 0 aliphatic rings. The molecule has 0 bridgehead atoms. The maximum Gasteiger partial charge on any atom is 0.326 e. The van der Waals surface area contributed by atoms with Gasteiger partial charge in [-0.3, -0.25) is 4.79 Å². The lowest BCUT2D eigenvalue weighted by atomic mass is 10.1. The van der Waals surface area contributed by atoms with Crippen molar-refractivity contribution in [2.75, 3.05) is 0 Å². The van der Waals surface area contributed by atoms with Gasteiger partial charge in [0.2, 0.25) is 0 Å². The third kappa shape index (κ3) is 2.39. The molecule has 0 aliphatic carbocycles. The lowest BCUT2D eigenvalue weighted by molar-refractivity contribution is -0.140. The van der Waals surface area contributed by atoms with Gasteiger partial charge in [-0.1, -0.05) is 6.08 Å². The number of rotatable bonds is 4. The zero-order valence-corrected chi connectivity index (χ0v) is 9.43. The van der Waals surface area contributed by atoms with Gasteiger partial charge < -0.3 is 9.67 Å². The lowest BCUT2D eigenvalue weighted by Crippen LogP contribution is -2.24. The minimum absolute atomic E-state index is 0.103. The predicted molar refractivity (Wildman–Crippen MR) is 61.7 cm³/mol. The molecule has 0 radical (unpaired) electrons. The normalized spacial score (nSPS) is 12.1. The molecule has 1 aromatic rings. The number of carboxylic acids is 1. The summed E-state index contributed by atoms with van der Waals surface area (Å²) in [7, 11) is 0. The summed E-state index contributed by atoms with van der Waals surface area (Å²) in [4.78, 5) is 22.4. The second-order valence-electron chi connectivity index (χ2n) is 3.72. The first-order valence-corrected chi connectivity index (χ1v) is 5.01. The summed E-state index contributed by atoms with van der Waals surface area (Å²) in [6.07, 6.45) is 1.90. The molecule has 1 atom stereocenters. The average molecular weight is 221 g/mol. The molecule has 0 spiro atoms. The second kappa shape index (κ2) is 4.79.